The van der Waals surface area contributed by atoms with Crippen LogP contribution >= 0.6 is 11.3 Å². The lowest BCUT2D eigenvalue weighted by Gasteiger charge is -2.07. The van der Waals surface area contributed by atoms with Crippen molar-refractivity contribution in [3.05, 3.63) is 94.9 Å². The topological polar surface area (TPSA) is 101 Å². The Morgan fingerprint density at radius 1 is 0.757 bits per heavy atom. The second kappa shape index (κ2) is 11.9. The lowest BCUT2D eigenvalue weighted by atomic mass is 10.1. The summed E-state index contributed by atoms with van der Waals surface area (Å²) in [7, 11) is 3.18. The molecule has 37 heavy (non-hydrogen) atoms. The molecule has 0 bridgehead atoms. The van der Waals surface area contributed by atoms with Gasteiger partial charge < -0.3 is 25.4 Å². The van der Waals surface area contributed by atoms with Gasteiger partial charge in [0, 0.05) is 17.1 Å². The molecule has 4 rings (SSSR count). The van der Waals surface area contributed by atoms with Crippen molar-refractivity contribution in [2.24, 2.45) is 4.99 Å². The van der Waals surface area contributed by atoms with Gasteiger partial charge in [0.2, 0.25) is 0 Å². The minimum atomic E-state index is -0.347. The molecule has 1 aromatic heterocycles. The first kappa shape index (κ1) is 25.5. The first-order valence-electron chi connectivity index (χ1n) is 11.4. The fraction of sp³-hybridized carbons (Fsp3) is 0.107. The van der Waals surface area contributed by atoms with E-state index in [9.17, 15) is 9.59 Å². The van der Waals surface area contributed by atoms with Gasteiger partial charge in [-0.15, -0.1) is 11.3 Å². The van der Waals surface area contributed by atoms with E-state index in [1.54, 1.807) is 57.5 Å². The summed E-state index contributed by atoms with van der Waals surface area (Å²) in [5.74, 6) is 0.751. The van der Waals surface area contributed by atoms with E-state index in [2.05, 4.69) is 20.9 Å². The first-order chi connectivity index (χ1) is 18.0. The number of hydrogen-bond acceptors (Lipinski definition) is 6. The van der Waals surface area contributed by atoms with E-state index < -0.39 is 0 Å². The van der Waals surface area contributed by atoms with Gasteiger partial charge >= 0.3 is 0 Å². The zero-order chi connectivity index (χ0) is 26.2. The molecule has 0 spiro atoms. The number of para-hydroxylation sites is 1. The zero-order valence-electron chi connectivity index (χ0n) is 20.6. The normalized spacial score (nSPS) is 10.7. The number of thiophene rings is 1. The van der Waals surface area contributed by atoms with E-state index >= 15 is 0 Å². The van der Waals surface area contributed by atoms with Crippen LogP contribution in [0.3, 0.4) is 0 Å². The van der Waals surface area contributed by atoms with Gasteiger partial charge in [-0.2, -0.15) is 0 Å². The predicted molar refractivity (Wildman–Crippen MR) is 149 cm³/mol. The number of carbonyl (C=O) groups is 2. The number of carbonyl (C=O) groups excluding carboxylic acids is 2. The smallest absolute Gasteiger partial charge is 0.266 e. The monoisotopic (exact) mass is 514 g/mol. The quantitative estimate of drug-likeness (QED) is 0.178. The summed E-state index contributed by atoms with van der Waals surface area (Å²) in [4.78, 5) is 31.3. The summed E-state index contributed by atoms with van der Waals surface area (Å²) in [5.41, 5.74) is 2.93. The van der Waals surface area contributed by atoms with Gasteiger partial charge in [-0.1, -0.05) is 18.2 Å². The fourth-order valence-electron chi connectivity index (χ4n) is 3.50. The Balaban J connectivity index is 1.61. The molecular formula is C28H26N4O4S. The Kier molecular flexibility index (Phi) is 8.17. The number of ether oxygens (including phenoxy) is 2. The molecule has 0 atom stereocenters. The third-order valence-electron chi connectivity index (χ3n) is 5.44. The van der Waals surface area contributed by atoms with Gasteiger partial charge in [-0.3, -0.25) is 9.59 Å². The van der Waals surface area contributed by atoms with Crippen molar-refractivity contribution in [1.29, 1.82) is 0 Å². The zero-order valence-corrected chi connectivity index (χ0v) is 21.4. The number of nitrogens with one attached hydrogen (secondary N) is 3. The maximum absolute atomic E-state index is 13.3. The van der Waals surface area contributed by atoms with Crippen LogP contribution in [0.15, 0.2) is 83.9 Å². The molecular weight excluding hydrogens is 488 g/mol. The van der Waals surface area contributed by atoms with Gasteiger partial charge in [-0.05, 0) is 73.2 Å². The van der Waals surface area contributed by atoms with Crippen LogP contribution in [0.1, 0.15) is 25.6 Å². The maximum Gasteiger partial charge on any atom is 0.266 e. The average Bonchev–Trinajstić information content (AvgIpc) is 3.26. The van der Waals surface area contributed by atoms with E-state index in [1.165, 1.54) is 6.34 Å². The van der Waals surface area contributed by atoms with Crippen LogP contribution < -0.4 is 25.4 Å². The molecule has 2 amide bonds. The van der Waals surface area contributed by atoms with Gasteiger partial charge in [-0.25, -0.2) is 4.99 Å². The molecule has 3 N–H and O–H groups in total. The Bertz CT molecular complexity index is 1400. The predicted octanol–water partition coefficient (Wildman–Crippen LogP) is 6.35. The number of benzene rings is 3. The van der Waals surface area contributed by atoms with Crippen LogP contribution in [0.4, 0.5) is 22.1 Å². The van der Waals surface area contributed by atoms with E-state index in [0.717, 1.165) is 22.8 Å². The molecule has 8 nitrogen and oxygen atoms in total. The molecule has 3 aromatic carbocycles. The first-order valence-corrected chi connectivity index (χ1v) is 12.2. The van der Waals surface area contributed by atoms with Crippen molar-refractivity contribution in [1.82, 2.24) is 0 Å². The fourth-order valence-corrected chi connectivity index (χ4v) is 4.55. The Hall–Kier alpha value is -4.63. The number of anilines is 3. The third kappa shape index (κ3) is 6.33. The van der Waals surface area contributed by atoms with Crippen LogP contribution in [0.2, 0.25) is 0 Å². The summed E-state index contributed by atoms with van der Waals surface area (Å²) in [6, 6.07) is 23.5. The lowest BCUT2D eigenvalue weighted by molar-refractivity contribution is 0.102. The Labute approximate surface area is 219 Å². The van der Waals surface area contributed by atoms with Gasteiger partial charge in [0.05, 0.1) is 31.0 Å². The number of amides is 2. The van der Waals surface area contributed by atoms with E-state index in [1.807, 2.05) is 42.5 Å². The highest BCUT2D eigenvalue weighted by Gasteiger charge is 2.25. The van der Waals surface area contributed by atoms with Crippen molar-refractivity contribution in [3.63, 3.8) is 0 Å². The molecule has 0 aliphatic heterocycles. The standard InChI is InChI=1S/C28H26N4O4S/c1-18-24(26(33)31-20-7-5-4-6-8-20)28(30-17-29-19-9-13-22(35-2)14-10-19)37-25(18)27(34)32-21-11-15-23(36-3)16-12-21/h4-17H,1-3H3,(H,29,30)(H,31,33)(H,32,34). The molecule has 1 heterocycles. The van der Waals surface area contributed by atoms with Crippen LogP contribution in [0.25, 0.3) is 0 Å². The average molecular weight is 515 g/mol. The van der Waals surface area contributed by atoms with Crippen LogP contribution in [0, 0.1) is 6.92 Å². The highest BCUT2D eigenvalue weighted by atomic mass is 32.1. The lowest BCUT2D eigenvalue weighted by Crippen LogP contribution is -2.15. The largest absolute Gasteiger partial charge is 0.497 e. The van der Waals surface area contributed by atoms with Crippen LogP contribution in [-0.2, 0) is 0 Å². The number of methoxy groups -OCH3 is 2. The minimum Gasteiger partial charge on any atom is -0.497 e. The second-order valence-electron chi connectivity index (χ2n) is 7.87. The second-order valence-corrected chi connectivity index (χ2v) is 8.87. The molecule has 9 heteroatoms. The molecule has 4 aromatic rings. The molecule has 0 aliphatic rings. The van der Waals surface area contributed by atoms with Crippen molar-refractivity contribution in [2.75, 3.05) is 30.2 Å². The summed E-state index contributed by atoms with van der Waals surface area (Å²) in [5, 5.41) is 9.26. The number of hydrogen-bond donors (Lipinski definition) is 3. The van der Waals surface area contributed by atoms with Gasteiger partial charge in [0.1, 0.15) is 16.5 Å². The van der Waals surface area contributed by atoms with Crippen LogP contribution in [-0.4, -0.2) is 32.4 Å². The molecule has 0 unspecified atom stereocenters. The van der Waals surface area contributed by atoms with Crippen LogP contribution in [0.5, 0.6) is 11.5 Å². The maximum atomic E-state index is 13.3. The van der Waals surface area contributed by atoms with E-state index in [0.29, 0.717) is 38.1 Å². The summed E-state index contributed by atoms with van der Waals surface area (Å²) in [6.07, 6.45) is 1.50. The molecule has 0 radical (unpaired) electrons. The molecule has 0 saturated heterocycles. The highest BCUT2D eigenvalue weighted by molar-refractivity contribution is 7.18. The Morgan fingerprint density at radius 2 is 1.30 bits per heavy atom. The number of nitrogens with zero attached hydrogens (tertiary/aromatic N) is 1. The van der Waals surface area contributed by atoms with Crippen molar-refractivity contribution in [2.45, 2.75) is 6.92 Å². The molecule has 188 valence electrons. The van der Waals surface area contributed by atoms with E-state index in [4.69, 9.17) is 9.47 Å². The summed E-state index contributed by atoms with van der Waals surface area (Å²) < 4.78 is 10.3. The molecule has 0 saturated carbocycles. The molecule has 0 aliphatic carbocycles. The van der Waals surface area contributed by atoms with Gasteiger partial charge in [0.15, 0.2) is 0 Å². The summed E-state index contributed by atoms with van der Waals surface area (Å²) in [6.45, 7) is 1.75. The van der Waals surface area contributed by atoms with Crippen molar-refractivity contribution >= 4 is 51.6 Å². The molecule has 0 fully saturated rings. The highest BCUT2D eigenvalue weighted by Crippen LogP contribution is 2.36. The van der Waals surface area contributed by atoms with Crippen molar-refractivity contribution in [3.8, 4) is 11.5 Å². The minimum absolute atomic E-state index is 0.328. The van der Waals surface area contributed by atoms with Crippen molar-refractivity contribution < 1.29 is 19.1 Å². The van der Waals surface area contributed by atoms with E-state index in [-0.39, 0.29) is 11.8 Å². The number of aliphatic imine (C=N–C) groups is 1. The van der Waals surface area contributed by atoms with Gasteiger partial charge in [0.25, 0.3) is 11.8 Å². The Morgan fingerprint density at radius 3 is 1.89 bits per heavy atom. The SMILES string of the molecule is COc1ccc(NC=Nc2sc(C(=O)Nc3ccc(OC)cc3)c(C)c2C(=O)Nc2ccccc2)cc1. The summed E-state index contributed by atoms with van der Waals surface area (Å²) >= 11 is 1.15. The third-order valence-corrected chi connectivity index (χ3v) is 6.64. The number of rotatable bonds is 9.